The Morgan fingerprint density at radius 3 is 2.29 bits per heavy atom. The molecule has 1 saturated carbocycles. The molecule has 3 nitrogen and oxygen atoms in total. The second-order valence-corrected chi connectivity index (χ2v) is 6.35. The Morgan fingerprint density at radius 1 is 1.24 bits per heavy atom. The second-order valence-electron chi connectivity index (χ2n) is 6.35. The molecular weight excluding hydrogens is 214 g/mol. The van der Waals surface area contributed by atoms with Crippen molar-refractivity contribution >= 4 is 5.91 Å². The van der Waals surface area contributed by atoms with E-state index in [1.54, 1.807) is 0 Å². The minimum Gasteiger partial charge on any atom is -0.389 e. The Kier molecular flexibility index (Phi) is 3.76. The van der Waals surface area contributed by atoms with Crippen molar-refractivity contribution in [3.8, 4) is 0 Å². The first-order chi connectivity index (χ1) is 7.98. The van der Waals surface area contributed by atoms with Gasteiger partial charge < -0.3 is 10.0 Å². The molecule has 3 heteroatoms. The van der Waals surface area contributed by atoms with Crippen LogP contribution in [0.4, 0.5) is 0 Å². The van der Waals surface area contributed by atoms with Crippen LogP contribution in [0.2, 0.25) is 0 Å². The van der Waals surface area contributed by atoms with Crippen LogP contribution in [0.15, 0.2) is 0 Å². The molecule has 0 aromatic carbocycles. The van der Waals surface area contributed by atoms with Gasteiger partial charge in [0.15, 0.2) is 0 Å². The van der Waals surface area contributed by atoms with Gasteiger partial charge in [0.25, 0.3) is 0 Å². The fourth-order valence-electron chi connectivity index (χ4n) is 3.47. The Hall–Kier alpha value is -0.570. The number of hydrogen-bond acceptors (Lipinski definition) is 2. The number of likely N-dealkylation sites (tertiary alicyclic amines) is 1. The van der Waals surface area contributed by atoms with Crippen LogP contribution in [0.1, 0.15) is 52.4 Å². The van der Waals surface area contributed by atoms with Crippen molar-refractivity contribution in [2.75, 3.05) is 13.1 Å². The lowest BCUT2D eigenvalue weighted by molar-refractivity contribution is -0.139. The molecule has 2 atom stereocenters. The van der Waals surface area contributed by atoms with E-state index in [-0.39, 0.29) is 5.91 Å². The SMILES string of the molecule is CC1CC(C)CN(C(=O)CC2(O)CCCC2)C1. The van der Waals surface area contributed by atoms with Crippen molar-refractivity contribution in [1.82, 2.24) is 4.90 Å². The minimum atomic E-state index is -0.693. The number of aliphatic hydroxyl groups is 1. The fraction of sp³-hybridized carbons (Fsp3) is 0.929. The minimum absolute atomic E-state index is 0.160. The molecule has 1 aliphatic carbocycles. The number of carbonyl (C=O) groups excluding carboxylic acids is 1. The zero-order chi connectivity index (χ0) is 12.5. The number of carbonyl (C=O) groups is 1. The third-order valence-electron chi connectivity index (χ3n) is 4.24. The Bertz CT molecular complexity index is 274. The van der Waals surface area contributed by atoms with E-state index in [0.29, 0.717) is 18.3 Å². The van der Waals surface area contributed by atoms with Crippen LogP contribution in [0.25, 0.3) is 0 Å². The van der Waals surface area contributed by atoms with Gasteiger partial charge in [-0.1, -0.05) is 26.7 Å². The summed E-state index contributed by atoms with van der Waals surface area (Å²) >= 11 is 0. The average Bonchev–Trinajstić information content (AvgIpc) is 2.63. The molecule has 0 bridgehead atoms. The third-order valence-corrected chi connectivity index (χ3v) is 4.24. The quantitative estimate of drug-likeness (QED) is 0.802. The van der Waals surface area contributed by atoms with Gasteiger partial charge in [-0.3, -0.25) is 4.79 Å². The van der Waals surface area contributed by atoms with Crippen LogP contribution in [0, 0.1) is 11.8 Å². The second kappa shape index (κ2) is 4.97. The zero-order valence-electron chi connectivity index (χ0n) is 11.1. The molecule has 1 saturated heterocycles. The van der Waals surface area contributed by atoms with Gasteiger partial charge in [-0.2, -0.15) is 0 Å². The van der Waals surface area contributed by atoms with Crippen molar-refractivity contribution in [2.24, 2.45) is 11.8 Å². The standard InChI is InChI=1S/C14H25NO2/c1-11-7-12(2)10-15(9-11)13(16)8-14(17)5-3-4-6-14/h11-12,17H,3-10H2,1-2H3. The van der Waals surface area contributed by atoms with Gasteiger partial charge in [0.2, 0.25) is 5.91 Å². The molecule has 2 fully saturated rings. The van der Waals surface area contributed by atoms with E-state index in [0.717, 1.165) is 38.8 Å². The molecule has 98 valence electrons. The summed E-state index contributed by atoms with van der Waals surface area (Å²) < 4.78 is 0. The molecule has 2 unspecified atom stereocenters. The largest absolute Gasteiger partial charge is 0.389 e. The maximum atomic E-state index is 12.2. The summed E-state index contributed by atoms with van der Waals surface area (Å²) in [5.74, 6) is 1.36. The summed E-state index contributed by atoms with van der Waals surface area (Å²) in [5, 5.41) is 10.3. The first-order valence-corrected chi connectivity index (χ1v) is 6.99. The molecule has 0 aromatic heterocycles. The highest BCUT2D eigenvalue weighted by molar-refractivity contribution is 5.77. The zero-order valence-corrected chi connectivity index (χ0v) is 11.1. The van der Waals surface area contributed by atoms with Gasteiger partial charge >= 0.3 is 0 Å². The molecule has 0 aromatic rings. The molecule has 1 heterocycles. The summed E-state index contributed by atoms with van der Waals surface area (Å²) in [4.78, 5) is 14.2. The predicted molar refractivity (Wildman–Crippen MR) is 67.6 cm³/mol. The smallest absolute Gasteiger partial charge is 0.225 e. The molecule has 2 aliphatic rings. The Balaban J connectivity index is 1.90. The summed E-state index contributed by atoms with van der Waals surface area (Å²) in [5.41, 5.74) is -0.693. The maximum Gasteiger partial charge on any atom is 0.225 e. The van der Waals surface area contributed by atoms with Crippen LogP contribution >= 0.6 is 0 Å². The Labute approximate surface area is 104 Å². The highest BCUT2D eigenvalue weighted by atomic mass is 16.3. The lowest BCUT2D eigenvalue weighted by atomic mass is 9.90. The van der Waals surface area contributed by atoms with Gasteiger partial charge in [0.05, 0.1) is 12.0 Å². The van der Waals surface area contributed by atoms with E-state index in [4.69, 9.17) is 0 Å². The first kappa shape index (κ1) is 12.9. The molecular formula is C14H25NO2. The molecule has 0 radical (unpaired) electrons. The van der Waals surface area contributed by atoms with E-state index in [9.17, 15) is 9.90 Å². The van der Waals surface area contributed by atoms with Gasteiger partial charge in [-0.15, -0.1) is 0 Å². The van der Waals surface area contributed by atoms with E-state index >= 15 is 0 Å². The molecule has 1 N–H and O–H groups in total. The summed E-state index contributed by atoms with van der Waals surface area (Å²) in [7, 11) is 0. The molecule has 1 amide bonds. The summed E-state index contributed by atoms with van der Waals surface area (Å²) in [6.45, 7) is 6.17. The van der Waals surface area contributed by atoms with Gasteiger partial charge in [-0.25, -0.2) is 0 Å². The Morgan fingerprint density at radius 2 is 1.76 bits per heavy atom. The van der Waals surface area contributed by atoms with Crippen molar-refractivity contribution in [3.05, 3.63) is 0 Å². The van der Waals surface area contributed by atoms with Crippen molar-refractivity contribution in [1.29, 1.82) is 0 Å². The highest BCUT2D eigenvalue weighted by Gasteiger charge is 2.36. The monoisotopic (exact) mass is 239 g/mol. The van der Waals surface area contributed by atoms with E-state index in [2.05, 4.69) is 13.8 Å². The maximum absolute atomic E-state index is 12.2. The van der Waals surface area contributed by atoms with Crippen LogP contribution < -0.4 is 0 Å². The first-order valence-electron chi connectivity index (χ1n) is 6.99. The van der Waals surface area contributed by atoms with Crippen LogP contribution in [-0.4, -0.2) is 34.6 Å². The summed E-state index contributed by atoms with van der Waals surface area (Å²) in [6, 6.07) is 0. The molecule has 1 aliphatic heterocycles. The van der Waals surface area contributed by atoms with Crippen molar-refractivity contribution in [2.45, 2.75) is 58.0 Å². The molecule has 17 heavy (non-hydrogen) atoms. The fourth-order valence-corrected chi connectivity index (χ4v) is 3.47. The van der Waals surface area contributed by atoms with Gasteiger partial charge in [-0.05, 0) is 31.1 Å². The number of hydrogen-bond donors (Lipinski definition) is 1. The summed E-state index contributed by atoms with van der Waals surface area (Å²) in [6.07, 6.45) is 5.29. The molecule has 2 rings (SSSR count). The highest BCUT2D eigenvalue weighted by Crippen LogP contribution is 2.33. The normalized spacial score (nSPS) is 32.8. The third kappa shape index (κ3) is 3.21. The predicted octanol–water partition coefficient (Wildman–Crippen LogP) is 2.19. The lowest BCUT2D eigenvalue weighted by Crippen LogP contribution is -2.45. The number of piperidine rings is 1. The van der Waals surface area contributed by atoms with Crippen molar-refractivity contribution in [3.63, 3.8) is 0 Å². The van der Waals surface area contributed by atoms with Gasteiger partial charge in [0, 0.05) is 13.1 Å². The molecule has 0 spiro atoms. The van der Waals surface area contributed by atoms with Crippen LogP contribution in [-0.2, 0) is 4.79 Å². The number of nitrogens with zero attached hydrogens (tertiary/aromatic N) is 1. The number of amides is 1. The van der Waals surface area contributed by atoms with E-state index < -0.39 is 5.60 Å². The van der Waals surface area contributed by atoms with Crippen LogP contribution in [0.3, 0.4) is 0 Å². The van der Waals surface area contributed by atoms with Gasteiger partial charge in [0.1, 0.15) is 0 Å². The lowest BCUT2D eigenvalue weighted by Gasteiger charge is -2.36. The van der Waals surface area contributed by atoms with E-state index in [1.807, 2.05) is 4.90 Å². The average molecular weight is 239 g/mol. The topological polar surface area (TPSA) is 40.5 Å². The number of rotatable bonds is 2. The van der Waals surface area contributed by atoms with E-state index in [1.165, 1.54) is 6.42 Å². The van der Waals surface area contributed by atoms with Crippen molar-refractivity contribution < 1.29 is 9.90 Å². The van der Waals surface area contributed by atoms with Crippen LogP contribution in [0.5, 0.6) is 0 Å².